The summed E-state index contributed by atoms with van der Waals surface area (Å²) in [4.78, 5) is 35.2. The van der Waals surface area contributed by atoms with Crippen LogP contribution >= 0.6 is 0 Å². The quantitative estimate of drug-likeness (QED) is 0.318. The molecule has 0 bridgehead atoms. The fourth-order valence-corrected chi connectivity index (χ4v) is 6.07. The van der Waals surface area contributed by atoms with E-state index in [1.165, 1.54) is 5.56 Å². The van der Waals surface area contributed by atoms with E-state index in [0.717, 1.165) is 75.2 Å². The summed E-state index contributed by atoms with van der Waals surface area (Å²) in [5, 5.41) is 13.0. The highest BCUT2D eigenvalue weighted by molar-refractivity contribution is 5.96. The first-order chi connectivity index (χ1) is 20.5. The lowest BCUT2D eigenvalue weighted by Gasteiger charge is -2.32. The Bertz CT molecular complexity index is 1580. The Hall–Kier alpha value is -4.48. The monoisotopic (exact) mass is 561 g/mol. The number of nitrogens with one attached hydrogen (secondary N) is 1. The minimum Gasteiger partial charge on any atom is -0.451 e. The van der Waals surface area contributed by atoms with Gasteiger partial charge in [0.1, 0.15) is 17.2 Å². The number of nitrogens with zero attached hydrogens (tertiary/aromatic N) is 4. The Labute approximate surface area is 245 Å². The zero-order valence-corrected chi connectivity index (χ0v) is 23.7. The van der Waals surface area contributed by atoms with Crippen LogP contribution in [0.3, 0.4) is 0 Å². The summed E-state index contributed by atoms with van der Waals surface area (Å²) >= 11 is 0. The molecule has 4 heterocycles. The molecule has 0 radical (unpaired) electrons. The van der Waals surface area contributed by atoms with Crippen LogP contribution in [0.4, 0.5) is 5.82 Å². The highest BCUT2D eigenvalue weighted by atomic mass is 16.3. The standard InChI is InChI=1S/C34H35N5O3/c35-22-24-4-6-25(7-5-24)23-38-15-12-29(13-16-38)37-34(41)32-21-28-19-26(8-9-31(28)42-32)20-30(40)27-10-17-39(18-11-27)33-3-1-2-14-36-33/h1-9,14,19,21,27,29H,10-13,15-18,20,23H2,(H,37,41). The van der Waals surface area contributed by atoms with Crippen molar-refractivity contribution in [3.05, 3.63) is 95.4 Å². The second-order valence-corrected chi connectivity index (χ2v) is 11.4. The molecule has 42 heavy (non-hydrogen) atoms. The number of Topliss-reactive ketones (excluding diaryl/α,β-unsaturated/α-hetero) is 1. The molecular weight excluding hydrogens is 526 g/mol. The number of hydrogen-bond acceptors (Lipinski definition) is 7. The molecule has 2 aromatic heterocycles. The molecule has 8 heteroatoms. The molecule has 0 atom stereocenters. The van der Waals surface area contributed by atoms with Crippen LogP contribution in [0.1, 0.15) is 52.9 Å². The number of hydrogen-bond donors (Lipinski definition) is 1. The Kier molecular flexibility index (Phi) is 8.29. The number of carbonyl (C=O) groups excluding carboxylic acids is 2. The van der Waals surface area contributed by atoms with Gasteiger partial charge in [0.2, 0.25) is 0 Å². The lowest BCUT2D eigenvalue weighted by molar-refractivity contribution is -0.122. The van der Waals surface area contributed by atoms with Gasteiger partial charge in [-0.1, -0.05) is 24.3 Å². The van der Waals surface area contributed by atoms with Gasteiger partial charge in [-0.15, -0.1) is 0 Å². The van der Waals surface area contributed by atoms with Crippen molar-refractivity contribution < 1.29 is 14.0 Å². The maximum Gasteiger partial charge on any atom is 0.287 e. The molecule has 214 valence electrons. The van der Waals surface area contributed by atoms with Crippen molar-refractivity contribution in [3.63, 3.8) is 0 Å². The van der Waals surface area contributed by atoms with Crippen LogP contribution in [0.5, 0.6) is 0 Å². The van der Waals surface area contributed by atoms with Gasteiger partial charge in [-0.3, -0.25) is 14.5 Å². The number of carbonyl (C=O) groups is 2. The van der Waals surface area contributed by atoms with Crippen LogP contribution in [0.25, 0.3) is 11.0 Å². The number of fused-ring (bicyclic) bond motifs is 1. The number of amides is 1. The number of ketones is 1. The first kappa shape index (κ1) is 27.7. The van der Waals surface area contributed by atoms with Gasteiger partial charge >= 0.3 is 0 Å². The van der Waals surface area contributed by atoms with Crippen LogP contribution in [0.15, 0.2) is 77.3 Å². The molecule has 1 N–H and O–H groups in total. The number of anilines is 1. The second-order valence-electron chi connectivity index (χ2n) is 11.4. The normalized spacial score (nSPS) is 16.8. The predicted octanol–water partition coefficient (Wildman–Crippen LogP) is 5.12. The highest BCUT2D eigenvalue weighted by Gasteiger charge is 2.26. The third kappa shape index (κ3) is 6.53. The topological polar surface area (TPSA) is 102 Å². The summed E-state index contributed by atoms with van der Waals surface area (Å²) in [5.74, 6) is 1.40. The van der Waals surface area contributed by atoms with Crippen molar-refractivity contribution in [2.24, 2.45) is 5.92 Å². The number of likely N-dealkylation sites (tertiary alicyclic amines) is 1. The van der Waals surface area contributed by atoms with Gasteiger partial charge in [0.05, 0.1) is 11.6 Å². The molecule has 8 nitrogen and oxygen atoms in total. The molecule has 0 saturated carbocycles. The third-order valence-corrected chi connectivity index (χ3v) is 8.52. The van der Waals surface area contributed by atoms with Crippen LogP contribution in [-0.4, -0.2) is 53.8 Å². The van der Waals surface area contributed by atoms with E-state index in [-0.39, 0.29) is 23.7 Å². The third-order valence-electron chi connectivity index (χ3n) is 8.52. The number of benzene rings is 2. The van der Waals surface area contributed by atoms with Gasteiger partial charge in [0.25, 0.3) is 5.91 Å². The summed E-state index contributed by atoms with van der Waals surface area (Å²) in [6.07, 6.45) is 5.60. The highest BCUT2D eigenvalue weighted by Crippen LogP contribution is 2.26. The molecule has 6 rings (SSSR count). The molecule has 0 unspecified atom stereocenters. The Morgan fingerprint density at radius 3 is 2.40 bits per heavy atom. The predicted molar refractivity (Wildman–Crippen MR) is 161 cm³/mol. The molecule has 2 saturated heterocycles. The van der Waals surface area contributed by atoms with Gasteiger partial charge in [-0.25, -0.2) is 4.98 Å². The summed E-state index contributed by atoms with van der Waals surface area (Å²) in [7, 11) is 0. The lowest BCUT2D eigenvalue weighted by atomic mass is 9.89. The summed E-state index contributed by atoms with van der Waals surface area (Å²) in [5.41, 5.74) is 3.45. The summed E-state index contributed by atoms with van der Waals surface area (Å²) in [6.45, 7) is 4.30. The second kappa shape index (κ2) is 12.6. The summed E-state index contributed by atoms with van der Waals surface area (Å²) in [6, 6.07) is 23.4. The average Bonchev–Trinajstić information content (AvgIpc) is 3.47. The van der Waals surface area contributed by atoms with E-state index in [0.29, 0.717) is 23.3 Å². The SMILES string of the molecule is N#Cc1ccc(CN2CCC(NC(=O)c3cc4cc(CC(=O)C5CCN(c6ccccn6)CC5)ccc4o3)CC2)cc1. The van der Waals surface area contributed by atoms with Gasteiger partial charge in [0, 0.05) is 62.7 Å². The minimum atomic E-state index is -0.200. The smallest absolute Gasteiger partial charge is 0.287 e. The van der Waals surface area contributed by atoms with E-state index < -0.39 is 0 Å². The van der Waals surface area contributed by atoms with E-state index in [2.05, 4.69) is 26.2 Å². The molecule has 0 aliphatic carbocycles. The van der Waals surface area contributed by atoms with Gasteiger partial charge < -0.3 is 14.6 Å². The maximum absolute atomic E-state index is 13.1. The molecular formula is C34H35N5O3. The van der Waals surface area contributed by atoms with Gasteiger partial charge in [0.15, 0.2) is 5.76 Å². The largest absolute Gasteiger partial charge is 0.451 e. The molecule has 1 amide bonds. The zero-order chi connectivity index (χ0) is 28.9. The minimum absolute atomic E-state index is 0.0573. The van der Waals surface area contributed by atoms with Crippen LogP contribution < -0.4 is 10.2 Å². The fraction of sp³-hybridized carbons (Fsp3) is 0.353. The fourth-order valence-electron chi connectivity index (χ4n) is 6.07. The number of nitriles is 1. The van der Waals surface area contributed by atoms with E-state index in [9.17, 15) is 9.59 Å². The molecule has 2 fully saturated rings. The molecule has 0 spiro atoms. The van der Waals surface area contributed by atoms with Gasteiger partial charge in [-0.05, 0) is 79.3 Å². The average molecular weight is 562 g/mol. The molecule has 2 aliphatic heterocycles. The van der Waals surface area contributed by atoms with Crippen LogP contribution in [0.2, 0.25) is 0 Å². The van der Waals surface area contributed by atoms with Crippen LogP contribution in [0, 0.1) is 17.2 Å². The number of aromatic nitrogens is 1. The zero-order valence-electron chi connectivity index (χ0n) is 23.7. The van der Waals surface area contributed by atoms with Crippen molar-refractivity contribution in [1.29, 1.82) is 5.26 Å². The first-order valence-corrected chi connectivity index (χ1v) is 14.8. The maximum atomic E-state index is 13.1. The number of furan rings is 1. The Balaban J connectivity index is 0.988. The van der Waals surface area contributed by atoms with E-state index in [1.807, 2.05) is 60.7 Å². The molecule has 2 aliphatic rings. The summed E-state index contributed by atoms with van der Waals surface area (Å²) < 4.78 is 5.88. The van der Waals surface area contributed by atoms with Crippen molar-refractivity contribution in [3.8, 4) is 6.07 Å². The number of piperidine rings is 2. The molecule has 2 aromatic carbocycles. The lowest BCUT2D eigenvalue weighted by Crippen LogP contribution is -2.44. The number of pyridine rings is 1. The van der Waals surface area contributed by atoms with Crippen LogP contribution in [-0.2, 0) is 17.8 Å². The van der Waals surface area contributed by atoms with Crippen molar-refractivity contribution in [1.82, 2.24) is 15.2 Å². The van der Waals surface area contributed by atoms with Gasteiger partial charge in [-0.2, -0.15) is 5.26 Å². The van der Waals surface area contributed by atoms with E-state index in [1.54, 1.807) is 12.3 Å². The van der Waals surface area contributed by atoms with E-state index in [4.69, 9.17) is 9.68 Å². The first-order valence-electron chi connectivity index (χ1n) is 14.8. The van der Waals surface area contributed by atoms with E-state index >= 15 is 0 Å². The van der Waals surface area contributed by atoms with Crippen molar-refractivity contribution in [2.75, 3.05) is 31.1 Å². The Morgan fingerprint density at radius 2 is 1.69 bits per heavy atom. The van der Waals surface area contributed by atoms with Crippen molar-refractivity contribution >= 4 is 28.5 Å². The molecule has 4 aromatic rings. The number of rotatable bonds is 8. The van der Waals surface area contributed by atoms with Crippen molar-refractivity contribution in [2.45, 2.75) is 44.7 Å². The Morgan fingerprint density at radius 1 is 0.929 bits per heavy atom.